The van der Waals surface area contributed by atoms with E-state index in [1.165, 1.54) is 17.2 Å². The van der Waals surface area contributed by atoms with Gasteiger partial charge in [0, 0.05) is 17.2 Å². The van der Waals surface area contributed by atoms with E-state index in [2.05, 4.69) is 20.1 Å². The number of carbonyl (C=O) groups is 2. The van der Waals surface area contributed by atoms with Gasteiger partial charge in [0.2, 0.25) is 5.69 Å². The van der Waals surface area contributed by atoms with Crippen LogP contribution in [0.1, 0.15) is 26.3 Å². The zero-order valence-corrected chi connectivity index (χ0v) is 22.3. The Hall–Kier alpha value is -4.65. The van der Waals surface area contributed by atoms with Crippen molar-refractivity contribution in [3.63, 3.8) is 0 Å². The van der Waals surface area contributed by atoms with Crippen LogP contribution in [0, 0.1) is 11.2 Å². The molecule has 1 fully saturated rings. The van der Waals surface area contributed by atoms with Crippen molar-refractivity contribution >= 4 is 34.7 Å². The number of carboxylic acid groups (broad SMARTS) is 2. The van der Waals surface area contributed by atoms with E-state index in [1.54, 1.807) is 41.2 Å². The van der Waals surface area contributed by atoms with Crippen molar-refractivity contribution in [2.45, 2.75) is 33.4 Å². The summed E-state index contributed by atoms with van der Waals surface area (Å²) in [4.78, 5) is 39.1. The fraction of sp³-hybridized carbons (Fsp3) is 0.333. The molecular weight excluding hydrogens is 519 g/mol. The van der Waals surface area contributed by atoms with Crippen molar-refractivity contribution in [2.24, 2.45) is 5.41 Å². The van der Waals surface area contributed by atoms with Gasteiger partial charge in [0.1, 0.15) is 24.1 Å². The molecule has 0 aliphatic carbocycles. The summed E-state index contributed by atoms with van der Waals surface area (Å²) in [6.45, 7) is 5.46. The summed E-state index contributed by atoms with van der Waals surface area (Å²) in [5, 5.41) is 27.6. The highest BCUT2D eigenvalue weighted by atomic mass is 19.1. The molecule has 12 nitrogen and oxygen atoms in total. The van der Waals surface area contributed by atoms with Crippen LogP contribution < -0.4 is 15.3 Å². The highest BCUT2D eigenvalue weighted by molar-refractivity contribution is 5.90. The molecule has 2 unspecified atom stereocenters. The number of rotatable bonds is 4. The Labute approximate surface area is 229 Å². The quantitative estimate of drug-likeness (QED) is 0.365. The van der Waals surface area contributed by atoms with Gasteiger partial charge >= 0.3 is 6.09 Å². The van der Waals surface area contributed by atoms with Gasteiger partial charge in [-0.15, -0.1) is 0 Å². The molecule has 0 bridgehead atoms. The molecule has 0 spiro atoms. The zero-order chi connectivity index (χ0) is 28.8. The first-order valence-electron chi connectivity index (χ1n) is 12.7. The number of carbonyl (C=O) groups excluding carboxylic acids is 1. The van der Waals surface area contributed by atoms with Crippen molar-refractivity contribution in [1.29, 1.82) is 0 Å². The third kappa shape index (κ3) is 4.47. The normalized spacial score (nSPS) is 19.6. The molecule has 3 N–H and O–H groups in total. The summed E-state index contributed by atoms with van der Waals surface area (Å²) in [5.74, 6) is -0.325. The highest BCUT2D eigenvalue weighted by Gasteiger charge is 2.53. The van der Waals surface area contributed by atoms with Crippen LogP contribution in [-0.4, -0.2) is 72.6 Å². The first-order valence-corrected chi connectivity index (χ1v) is 12.7. The van der Waals surface area contributed by atoms with E-state index in [4.69, 9.17) is 5.73 Å². The summed E-state index contributed by atoms with van der Waals surface area (Å²) in [5.41, 5.74) is 7.15. The molecule has 1 aliphatic rings. The molecule has 3 aromatic heterocycles. The molecule has 1 aromatic carbocycles. The smallest absolute Gasteiger partial charge is 0.407 e. The molecule has 1 aliphatic heterocycles. The summed E-state index contributed by atoms with van der Waals surface area (Å²) in [6.07, 6.45) is 0.398. The van der Waals surface area contributed by atoms with Crippen LogP contribution in [0.3, 0.4) is 0 Å². The topological polar surface area (TPSA) is 163 Å². The molecular formula is C27H29FN8O4. The number of hydrogen-bond donors (Lipinski definition) is 2. The average Bonchev–Trinajstić information content (AvgIpc) is 3.27. The molecule has 2 amide bonds. The molecule has 40 heavy (non-hydrogen) atoms. The summed E-state index contributed by atoms with van der Waals surface area (Å²) >= 11 is 0. The Balaban J connectivity index is 1.60. The highest BCUT2D eigenvalue weighted by Crippen LogP contribution is 2.41. The second-order valence-electron chi connectivity index (χ2n) is 10.9. The van der Waals surface area contributed by atoms with Gasteiger partial charge in [-0.2, -0.15) is 5.10 Å². The lowest BCUT2D eigenvalue weighted by atomic mass is 9.82. The van der Waals surface area contributed by atoms with Gasteiger partial charge in [-0.05, 0) is 18.2 Å². The van der Waals surface area contributed by atoms with Crippen molar-refractivity contribution in [2.75, 3.05) is 25.4 Å². The fourth-order valence-corrected chi connectivity index (χ4v) is 5.47. The Morgan fingerprint density at radius 1 is 1.20 bits per heavy atom. The summed E-state index contributed by atoms with van der Waals surface area (Å²) in [7, 11) is 0. The second kappa shape index (κ2) is 9.83. The number of anilines is 1. The van der Waals surface area contributed by atoms with Crippen LogP contribution in [0.2, 0.25) is 0 Å². The van der Waals surface area contributed by atoms with Gasteiger partial charge in [0.25, 0.3) is 6.09 Å². The lowest BCUT2D eigenvalue weighted by molar-refractivity contribution is -0.270. The molecule has 0 saturated carbocycles. The molecule has 13 heteroatoms. The fourth-order valence-electron chi connectivity index (χ4n) is 5.47. The van der Waals surface area contributed by atoms with E-state index in [0.717, 1.165) is 0 Å². The number of nitrogen functional groups attached to an aromatic ring is 1. The maximum Gasteiger partial charge on any atom is 0.407 e. The number of halogens is 1. The number of fused-ring (bicyclic) bond motifs is 1. The summed E-state index contributed by atoms with van der Waals surface area (Å²) < 4.78 is 15.2. The van der Waals surface area contributed by atoms with Crippen LogP contribution in [0.4, 0.5) is 25.5 Å². The first-order chi connectivity index (χ1) is 18.9. The number of benzene rings is 1. The van der Waals surface area contributed by atoms with E-state index in [1.807, 2.05) is 20.8 Å². The minimum absolute atomic E-state index is 0.0339. The van der Waals surface area contributed by atoms with Crippen molar-refractivity contribution in [3.8, 4) is 11.5 Å². The van der Waals surface area contributed by atoms with Gasteiger partial charge in [-0.3, -0.25) is 4.90 Å². The molecule has 4 aromatic rings. The van der Waals surface area contributed by atoms with Crippen LogP contribution in [0.25, 0.3) is 22.6 Å². The van der Waals surface area contributed by atoms with Crippen LogP contribution >= 0.6 is 0 Å². The molecule has 5 rings (SSSR count). The molecule has 1 saturated heterocycles. The van der Waals surface area contributed by atoms with Gasteiger partial charge in [-0.25, -0.2) is 33.3 Å². The Morgan fingerprint density at radius 3 is 2.60 bits per heavy atom. The monoisotopic (exact) mass is 548 g/mol. The zero-order valence-electron chi connectivity index (χ0n) is 22.3. The van der Waals surface area contributed by atoms with Crippen molar-refractivity contribution in [3.05, 3.63) is 60.2 Å². The van der Waals surface area contributed by atoms with E-state index >= 15 is 0 Å². The second-order valence-corrected chi connectivity index (χ2v) is 10.9. The minimum Gasteiger partial charge on any atom is -0.498 e. The third-order valence-electron chi connectivity index (χ3n) is 7.47. The Kier molecular flexibility index (Phi) is 6.62. The number of nitrogens with two attached hydrogens (primary N) is 1. The van der Waals surface area contributed by atoms with Crippen LogP contribution in [0.5, 0.6) is 0 Å². The summed E-state index contributed by atoms with van der Waals surface area (Å²) in [6, 6.07) is 9.15. The molecule has 4 heterocycles. The van der Waals surface area contributed by atoms with Crippen LogP contribution in [-0.2, 0) is 6.54 Å². The largest absolute Gasteiger partial charge is 0.498 e. The number of hydrogen-bond acceptors (Lipinski definition) is 8. The average molecular weight is 549 g/mol. The molecule has 208 valence electrons. The van der Waals surface area contributed by atoms with E-state index in [0.29, 0.717) is 22.3 Å². The third-order valence-corrected chi connectivity index (χ3v) is 7.47. The molecule has 2 atom stereocenters. The van der Waals surface area contributed by atoms with Crippen molar-refractivity contribution in [1.82, 2.24) is 34.1 Å². The molecule has 0 radical (unpaired) electrons. The number of quaternary nitrogens is 1. The number of pyridine rings is 1. The van der Waals surface area contributed by atoms with Crippen LogP contribution in [0.15, 0.2) is 48.8 Å². The van der Waals surface area contributed by atoms with E-state index in [-0.39, 0.29) is 49.3 Å². The number of nitrogens with zero attached hydrogens (tertiary/aromatic N) is 7. The number of amides is 2. The predicted molar refractivity (Wildman–Crippen MR) is 143 cm³/mol. The first kappa shape index (κ1) is 26.9. The maximum atomic E-state index is 14.4. The predicted octanol–water partition coefficient (Wildman–Crippen LogP) is 2.72. The van der Waals surface area contributed by atoms with Gasteiger partial charge < -0.3 is 20.7 Å². The Bertz CT molecular complexity index is 1620. The number of aromatic nitrogens is 5. The van der Waals surface area contributed by atoms with Crippen molar-refractivity contribution < 1.29 is 24.2 Å². The maximum absolute atomic E-state index is 14.4. The van der Waals surface area contributed by atoms with Gasteiger partial charge in [0.05, 0.1) is 31.2 Å². The van der Waals surface area contributed by atoms with E-state index in [9.17, 15) is 24.2 Å². The SMILES string of the molecule is CC(C)(C)C1CN(C(=O)O)CC[N+]1(C(=O)[O-])c1cnc(-c2nn(Cc3ccccc3F)c3ncccc23)nc1N. The minimum atomic E-state index is -1.42. The van der Waals surface area contributed by atoms with Gasteiger partial charge in [0.15, 0.2) is 17.3 Å². The van der Waals surface area contributed by atoms with E-state index < -0.39 is 28.1 Å². The lowest BCUT2D eigenvalue weighted by Crippen LogP contribution is -2.76. The Morgan fingerprint density at radius 2 is 1.95 bits per heavy atom. The standard InChI is InChI=1S/C27H29FN8O4/c1-27(2,3)20-15-34(25(37)38)11-12-36(20,26(39)40)19-13-31-23(32-22(19)29)21-17-8-6-10-30-24(17)35(33-21)14-16-7-4-5-9-18(16)28/h4-10,13,20H,11-12,14-15H2,1-3H3,(H3-,29,31,32,37,38,39,40). The lowest BCUT2D eigenvalue weighted by Gasteiger charge is -2.52. The van der Waals surface area contributed by atoms with Gasteiger partial charge in [-0.1, -0.05) is 39.0 Å². The number of piperazine rings is 1.